The molecule has 4 rings (SSSR count). The van der Waals surface area contributed by atoms with E-state index in [9.17, 15) is 4.79 Å². The average Bonchev–Trinajstić information content (AvgIpc) is 3.36. The maximum Gasteiger partial charge on any atom is 0.224 e. The molecule has 5 nitrogen and oxygen atoms in total. The van der Waals surface area contributed by atoms with Crippen molar-refractivity contribution in [3.63, 3.8) is 0 Å². The Morgan fingerprint density at radius 3 is 2.76 bits per heavy atom. The third-order valence-corrected chi connectivity index (χ3v) is 5.33. The molecule has 7 heteroatoms. The number of nitrogens with one attached hydrogen (secondary N) is 1. The molecular formula is C22H18ClN3O2S. The third-order valence-electron chi connectivity index (χ3n) is 4.31. The van der Waals surface area contributed by atoms with Crippen LogP contribution in [0.5, 0.6) is 0 Å². The van der Waals surface area contributed by atoms with Crippen molar-refractivity contribution in [3.05, 3.63) is 76.0 Å². The number of hydrogen-bond donors (Lipinski definition) is 1. The van der Waals surface area contributed by atoms with E-state index in [2.05, 4.69) is 15.3 Å². The van der Waals surface area contributed by atoms with Gasteiger partial charge in [-0.2, -0.15) is 0 Å². The van der Waals surface area contributed by atoms with E-state index in [-0.39, 0.29) is 12.3 Å². The molecule has 0 bridgehead atoms. The zero-order chi connectivity index (χ0) is 20.2. The molecule has 2 aromatic carbocycles. The highest BCUT2D eigenvalue weighted by atomic mass is 35.5. The molecule has 0 spiro atoms. The Kier molecular flexibility index (Phi) is 5.74. The van der Waals surface area contributed by atoms with Gasteiger partial charge in [0.2, 0.25) is 5.91 Å². The first-order valence-corrected chi connectivity index (χ1v) is 10.4. The first-order valence-electron chi connectivity index (χ1n) is 9.10. The second kappa shape index (κ2) is 8.59. The van der Waals surface area contributed by atoms with Gasteiger partial charge in [0.15, 0.2) is 11.7 Å². The second-order valence-electron chi connectivity index (χ2n) is 6.51. The van der Waals surface area contributed by atoms with E-state index in [0.29, 0.717) is 23.1 Å². The number of hydrogen-bond acceptors (Lipinski definition) is 5. The van der Waals surface area contributed by atoms with Gasteiger partial charge in [-0.05, 0) is 43.3 Å². The van der Waals surface area contributed by atoms with Crippen LogP contribution >= 0.6 is 22.9 Å². The molecule has 2 heterocycles. The number of nitrogens with zero attached hydrogens (tertiary/aromatic N) is 2. The minimum absolute atomic E-state index is 0.0946. The summed E-state index contributed by atoms with van der Waals surface area (Å²) in [5, 5.41) is 6.62. The summed E-state index contributed by atoms with van der Waals surface area (Å²) in [6.45, 7) is 1.97. The predicted molar refractivity (Wildman–Crippen MR) is 116 cm³/mol. The smallest absolute Gasteiger partial charge is 0.224 e. The Morgan fingerprint density at radius 2 is 2.00 bits per heavy atom. The van der Waals surface area contributed by atoms with Gasteiger partial charge in [0.1, 0.15) is 0 Å². The molecule has 4 aromatic rings. The van der Waals surface area contributed by atoms with Gasteiger partial charge in [-0.25, -0.2) is 9.97 Å². The van der Waals surface area contributed by atoms with Gasteiger partial charge in [0.25, 0.3) is 0 Å². The molecule has 0 radical (unpaired) electrons. The van der Waals surface area contributed by atoms with Crippen molar-refractivity contribution < 1.29 is 9.21 Å². The van der Waals surface area contributed by atoms with Gasteiger partial charge in [0, 0.05) is 40.1 Å². The SMILES string of the molecule is Cc1nc(-c2cccc(NC(=O)CCc3ncc(-c4ccc(Cl)cc4)o3)c2)cs1. The van der Waals surface area contributed by atoms with Crippen LogP contribution in [-0.4, -0.2) is 15.9 Å². The molecule has 0 aliphatic rings. The lowest BCUT2D eigenvalue weighted by Gasteiger charge is -2.06. The van der Waals surface area contributed by atoms with Crippen LogP contribution in [0, 0.1) is 6.92 Å². The number of amides is 1. The van der Waals surface area contributed by atoms with Crippen LogP contribution in [0.4, 0.5) is 5.69 Å². The van der Waals surface area contributed by atoms with E-state index in [0.717, 1.165) is 27.5 Å². The Labute approximate surface area is 177 Å². The molecule has 0 aliphatic heterocycles. The van der Waals surface area contributed by atoms with Crippen molar-refractivity contribution in [1.29, 1.82) is 0 Å². The van der Waals surface area contributed by atoms with Crippen molar-refractivity contribution in [3.8, 4) is 22.6 Å². The number of halogens is 1. The largest absolute Gasteiger partial charge is 0.441 e. The van der Waals surface area contributed by atoms with E-state index in [4.69, 9.17) is 16.0 Å². The zero-order valence-corrected chi connectivity index (χ0v) is 17.3. The Balaban J connectivity index is 1.35. The predicted octanol–water partition coefficient (Wildman–Crippen LogP) is 6.00. The topological polar surface area (TPSA) is 68.0 Å². The normalized spacial score (nSPS) is 10.8. The van der Waals surface area contributed by atoms with Gasteiger partial charge in [0.05, 0.1) is 16.9 Å². The summed E-state index contributed by atoms with van der Waals surface area (Å²) >= 11 is 7.51. The minimum atomic E-state index is -0.0946. The fourth-order valence-electron chi connectivity index (χ4n) is 2.87. The highest BCUT2D eigenvalue weighted by Crippen LogP contribution is 2.25. The summed E-state index contributed by atoms with van der Waals surface area (Å²) < 4.78 is 5.75. The fraction of sp³-hybridized carbons (Fsp3) is 0.136. The summed E-state index contributed by atoms with van der Waals surface area (Å²) in [4.78, 5) is 21.1. The molecule has 0 unspecified atom stereocenters. The number of oxazole rings is 1. The Hall–Kier alpha value is -2.96. The van der Waals surface area contributed by atoms with Crippen LogP contribution in [-0.2, 0) is 11.2 Å². The van der Waals surface area contributed by atoms with Crippen LogP contribution in [0.2, 0.25) is 5.02 Å². The number of anilines is 1. The van der Waals surface area contributed by atoms with Gasteiger partial charge >= 0.3 is 0 Å². The van der Waals surface area contributed by atoms with Crippen molar-refractivity contribution >= 4 is 34.5 Å². The summed E-state index contributed by atoms with van der Waals surface area (Å²) in [7, 11) is 0. The van der Waals surface area contributed by atoms with Gasteiger partial charge < -0.3 is 9.73 Å². The van der Waals surface area contributed by atoms with Gasteiger partial charge in [-0.15, -0.1) is 11.3 Å². The Morgan fingerprint density at radius 1 is 1.17 bits per heavy atom. The molecule has 29 heavy (non-hydrogen) atoms. The van der Waals surface area contributed by atoms with E-state index in [1.165, 1.54) is 0 Å². The maximum atomic E-state index is 12.3. The molecule has 0 saturated carbocycles. The fourth-order valence-corrected chi connectivity index (χ4v) is 3.62. The summed E-state index contributed by atoms with van der Waals surface area (Å²) in [5.74, 6) is 1.09. The third kappa shape index (κ3) is 4.91. The second-order valence-corrected chi connectivity index (χ2v) is 8.00. The molecule has 0 saturated heterocycles. The summed E-state index contributed by atoms with van der Waals surface area (Å²) in [5.41, 5.74) is 3.53. The lowest BCUT2D eigenvalue weighted by atomic mass is 10.1. The minimum Gasteiger partial charge on any atom is -0.441 e. The van der Waals surface area contributed by atoms with E-state index in [1.807, 2.05) is 48.7 Å². The molecule has 1 amide bonds. The van der Waals surface area contributed by atoms with Crippen molar-refractivity contribution in [2.24, 2.45) is 0 Å². The van der Waals surface area contributed by atoms with Gasteiger partial charge in [-0.3, -0.25) is 4.79 Å². The standard InChI is InChI=1S/C22H18ClN3O2S/c1-14-25-19(13-29-14)16-3-2-4-18(11-16)26-21(27)9-10-22-24-12-20(28-22)15-5-7-17(23)8-6-15/h2-8,11-13H,9-10H2,1H3,(H,26,27). The molecular weight excluding hydrogens is 406 g/mol. The first kappa shape index (κ1) is 19.4. The van der Waals surface area contributed by atoms with Crippen molar-refractivity contribution in [2.45, 2.75) is 19.8 Å². The van der Waals surface area contributed by atoms with Crippen LogP contribution in [0.3, 0.4) is 0 Å². The number of aromatic nitrogens is 2. The molecule has 0 aliphatic carbocycles. The van der Waals surface area contributed by atoms with E-state index >= 15 is 0 Å². The van der Waals surface area contributed by atoms with Crippen LogP contribution in [0.1, 0.15) is 17.3 Å². The molecule has 1 N–H and O–H groups in total. The number of carbonyl (C=O) groups is 1. The highest BCUT2D eigenvalue weighted by Gasteiger charge is 2.10. The lowest BCUT2D eigenvalue weighted by molar-refractivity contribution is -0.116. The number of thiazole rings is 1. The molecule has 0 fully saturated rings. The van der Waals surface area contributed by atoms with Crippen LogP contribution < -0.4 is 5.32 Å². The highest BCUT2D eigenvalue weighted by molar-refractivity contribution is 7.09. The molecule has 0 atom stereocenters. The van der Waals surface area contributed by atoms with E-state index in [1.54, 1.807) is 29.7 Å². The number of carbonyl (C=O) groups excluding carboxylic acids is 1. The van der Waals surface area contributed by atoms with Gasteiger partial charge in [-0.1, -0.05) is 23.7 Å². The number of aryl methyl sites for hydroxylation is 2. The van der Waals surface area contributed by atoms with Crippen molar-refractivity contribution in [2.75, 3.05) is 5.32 Å². The van der Waals surface area contributed by atoms with Crippen LogP contribution in [0.15, 0.2) is 64.5 Å². The van der Waals surface area contributed by atoms with E-state index < -0.39 is 0 Å². The maximum absolute atomic E-state index is 12.3. The molecule has 146 valence electrons. The number of benzene rings is 2. The zero-order valence-electron chi connectivity index (χ0n) is 15.7. The quantitative estimate of drug-likeness (QED) is 0.413. The number of rotatable bonds is 6. The lowest BCUT2D eigenvalue weighted by Crippen LogP contribution is -2.12. The summed E-state index contributed by atoms with van der Waals surface area (Å²) in [6.07, 6.45) is 2.36. The average molecular weight is 424 g/mol. The monoisotopic (exact) mass is 423 g/mol. The summed E-state index contributed by atoms with van der Waals surface area (Å²) in [6, 6.07) is 15.0. The first-order chi connectivity index (χ1) is 14.1. The van der Waals surface area contributed by atoms with Crippen molar-refractivity contribution in [1.82, 2.24) is 9.97 Å². The van der Waals surface area contributed by atoms with Crippen LogP contribution in [0.25, 0.3) is 22.6 Å². The molecule has 2 aromatic heterocycles. The Bertz CT molecular complexity index is 1130.